The number of nitrogens with zero attached hydrogens (tertiary/aromatic N) is 2. The molecule has 10 heteroatoms. The van der Waals surface area contributed by atoms with E-state index in [0.29, 0.717) is 26.4 Å². The number of nitro groups is 1. The molecule has 0 saturated carbocycles. The average molecular weight is 785 g/mol. The van der Waals surface area contributed by atoms with Crippen LogP contribution in [0.3, 0.4) is 0 Å². The molecule has 1 aliphatic heterocycles. The molecule has 5 atom stereocenters. The normalized spacial score (nSPS) is 19.0. The van der Waals surface area contributed by atoms with E-state index in [1.165, 1.54) is 11.1 Å². The molecule has 58 heavy (non-hydrogen) atoms. The molecule has 5 aromatic carbocycles. The summed E-state index contributed by atoms with van der Waals surface area (Å²) >= 11 is 0. The molecule has 0 aliphatic carbocycles. The molecule has 5 aromatic rings. The molecule has 1 fully saturated rings. The SMILES string of the molecule is O=[N+]([O-])[C@@H]1[C@@H](OCc2ccccc2)[C@@H](OCc2ccccc2)[C@@H](COCc2ccccc2)O[C@@H]1C#CCOCCOCCN(Cc1ccccc1)Cc1ccccc1. The molecule has 0 bridgehead atoms. The molecule has 0 aromatic heterocycles. The van der Waals surface area contributed by atoms with Gasteiger partial charge in [0.15, 0.2) is 12.2 Å². The molecular weight excluding hydrogens is 733 g/mol. The monoisotopic (exact) mass is 784 g/mol. The zero-order valence-electron chi connectivity index (χ0n) is 32.8. The van der Waals surface area contributed by atoms with Crippen molar-refractivity contribution in [1.29, 1.82) is 0 Å². The Hall–Kier alpha value is -5.22. The van der Waals surface area contributed by atoms with Crippen LogP contribution in [0.4, 0.5) is 0 Å². The third-order valence-electron chi connectivity index (χ3n) is 9.71. The van der Waals surface area contributed by atoms with Gasteiger partial charge in [-0.1, -0.05) is 164 Å². The van der Waals surface area contributed by atoms with Crippen molar-refractivity contribution in [1.82, 2.24) is 4.90 Å². The quantitative estimate of drug-likeness (QED) is 0.0305. The summed E-state index contributed by atoms with van der Waals surface area (Å²) in [5.74, 6) is 5.97. The summed E-state index contributed by atoms with van der Waals surface area (Å²) in [4.78, 5) is 14.8. The molecule has 0 radical (unpaired) electrons. The predicted molar refractivity (Wildman–Crippen MR) is 222 cm³/mol. The van der Waals surface area contributed by atoms with Gasteiger partial charge in [-0.05, 0) is 27.8 Å². The van der Waals surface area contributed by atoms with Crippen molar-refractivity contribution >= 4 is 0 Å². The molecular formula is C48H52N2O8. The highest BCUT2D eigenvalue weighted by molar-refractivity contribution is 5.19. The fraction of sp³-hybridized carbons (Fsp3) is 0.333. The number of hydrogen-bond acceptors (Lipinski definition) is 9. The Morgan fingerprint density at radius 2 is 1.03 bits per heavy atom. The van der Waals surface area contributed by atoms with E-state index < -0.39 is 30.5 Å². The van der Waals surface area contributed by atoms with Gasteiger partial charge < -0.3 is 28.4 Å². The minimum Gasteiger partial charge on any atom is -0.378 e. The minimum absolute atomic E-state index is 0.0560. The van der Waals surface area contributed by atoms with E-state index >= 15 is 0 Å². The first-order chi connectivity index (χ1) is 28.6. The van der Waals surface area contributed by atoms with Gasteiger partial charge in [-0.15, -0.1) is 0 Å². The van der Waals surface area contributed by atoms with Gasteiger partial charge in [-0.25, -0.2) is 0 Å². The van der Waals surface area contributed by atoms with Gasteiger partial charge in [0.05, 0.1) is 46.2 Å². The molecule has 10 nitrogen and oxygen atoms in total. The lowest BCUT2D eigenvalue weighted by Gasteiger charge is -2.41. The highest BCUT2D eigenvalue weighted by atomic mass is 16.7. The van der Waals surface area contributed by atoms with E-state index in [0.717, 1.165) is 36.3 Å². The lowest BCUT2D eigenvalue weighted by Crippen LogP contribution is -2.62. The standard InChI is InChI=1S/C48H52N2O8/c51-50(52)46-44(27-16-29-53-31-32-54-30-28-49(33-39-17-6-1-7-18-39)34-40-19-8-2-9-20-40)58-45(38-55-35-41-21-10-3-11-22-41)47(56-36-42-23-12-4-13-24-42)48(46)57-37-43-25-14-5-15-26-43/h1-15,17-26,44-48H,28-38H2/t44-,45-,46+,47+,48-/m1/s1. The second-order valence-electron chi connectivity index (χ2n) is 14.1. The first-order valence-electron chi connectivity index (χ1n) is 19.8. The van der Waals surface area contributed by atoms with E-state index in [1.54, 1.807) is 0 Å². The summed E-state index contributed by atoms with van der Waals surface area (Å²) < 4.78 is 37.1. The minimum atomic E-state index is -1.33. The van der Waals surface area contributed by atoms with Gasteiger partial charge in [-0.3, -0.25) is 15.0 Å². The highest BCUT2D eigenvalue weighted by Gasteiger charge is 2.53. The Bertz CT molecular complexity index is 1900. The van der Waals surface area contributed by atoms with Crippen molar-refractivity contribution in [2.75, 3.05) is 39.6 Å². The maximum atomic E-state index is 12.8. The fourth-order valence-electron chi connectivity index (χ4n) is 6.78. The zero-order chi connectivity index (χ0) is 40.0. The van der Waals surface area contributed by atoms with Crippen molar-refractivity contribution in [3.63, 3.8) is 0 Å². The van der Waals surface area contributed by atoms with Crippen LogP contribution < -0.4 is 0 Å². The molecule has 302 valence electrons. The van der Waals surface area contributed by atoms with E-state index in [9.17, 15) is 10.1 Å². The number of benzene rings is 5. The molecule has 0 unspecified atom stereocenters. The molecule has 1 aliphatic rings. The van der Waals surface area contributed by atoms with E-state index in [4.69, 9.17) is 28.4 Å². The van der Waals surface area contributed by atoms with Gasteiger partial charge in [0, 0.05) is 24.6 Å². The number of rotatable bonds is 22. The van der Waals surface area contributed by atoms with Crippen molar-refractivity contribution in [3.05, 3.63) is 190 Å². The van der Waals surface area contributed by atoms with Crippen LogP contribution in [0.1, 0.15) is 27.8 Å². The van der Waals surface area contributed by atoms with Crippen molar-refractivity contribution in [2.24, 2.45) is 0 Å². The second-order valence-corrected chi connectivity index (χ2v) is 14.1. The summed E-state index contributed by atoms with van der Waals surface area (Å²) in [5, 5.41) is 12.8. The first-order valence-corrected chi connectivity index (χ1v) is 19.8. The topological polar surface area (TPSA) is 102 Å². The molecule has 6 rings (SSSR count). The van der Waals surface area contributed by atoms with E-state index in [1.807, 2.05) is 103 Å². The third kappa shape index (κ3) is 14.0. The molecule has 0 amide bonds. The lowest BCUT2D eigenvalue weighted by molar-refractivity contribution is -0.557. The summed E-state index contributed by atoms with van der Waals surface area (Å²) in [6.45, 7) is 4.52. The number of hydrogen-bond donors (Lipinski definition) is 0. The van der Waals surface area contributed by atoms with Crippen molar-refractivity contribution in [3.8, 4) is 11.8 Å². The van der Waals surface area contributed by atoms with Crippen LogP contribution >= 0.6 is 0 Å². The zero-order valence-corrected chi connectivity index (χ0v) is 32.8. The van der Waals surface area contributed by atoms with E-state index in [-0.39, 0.29) is 31.4 Å². The predicted octanol–water partition coefficient (Wildman–Crippen LogP) is 7.53. The van der Waals surface area contributed by atoms with Crippen LogP contribution in [-0.2, 0) is 61.3 Å². The van der Waals surface area contributed by atoms with Crippen LogP contribution in [0.2, 0.25) is 0 Å². The summed E-state index contributed by atoms with van der Waals surface area (Å²) in [7, 11) is 0. The Labute approximate surface area is 341 Å². The van der Waals surface area contributed by atoms with E-state index in [2.05, 4.69) is 65.3 Å². The van der Waals surface area contributed by atoms with Crippen LogP contribution in [0.5, 0.6) is 0 Å². The number of ether oxygens (including phenoxy) is 6. The Balaban J connectivity index is 1.07. The van der Waals surface area contributed by atoms with Crippen molar-refractivity contribution in [2.45, 2.75) is 63.4 Å². The Kier molecular flexibility index (Phi) is 17.4. The van der Waals surface area contributed by atoms with Gasteiger partial charge in [-0.2, -0.15) is 0 Å². The van der Waals surface area contributed by atoms with Gasteiger partial charge in [0.25, 0.3) is 6.04 Å². The summed E-state index contributed by atoms with van der Waals surface area (Å²) in [6, 6.07) is 48.5. The largest absolute Gasteiger partial charge is 0.378 e. The van der Waals surface area contributed by atoms with Crippen LogP contribution in [0, 0.1) is 22.0 Å². The fourth-order valence-corrected chi connectivity index (χ4v) is 6.78. The summed E-state index contributed by atoms with van der Waals surface area (Å²) in [5.41, 5.74) is 5.29. The van der Waals surface area contributed by atoms with Gasteiger partial charge in [0.2, 0.25) is 0 Å². The molecule has 0 N–H and O–H groups in total. The lowest BCUT2D eigenvalue weighted by atomic mass is 9.92. The first kappa shape index (κ1) is 42.4. The summed E-state index contributed by atoms with van der Waals surface area (Å²) in [6.07, 6.45) is -3.62. The van der Waals surface area contributed by atoms with Crippen LogP contribution in [-0.4, -0.2) is 79.9 Å². The maximum absolute atomic E-state index is 12.8. The smallest absolute Gasteiger partial charge is 0.278 e. The van der Waals surface area contributed by atoms with Crippen molar-refractivity contribution < 1.29 is 33.3 Å². The highest BCUT2D eigenvalue weighted by Crippen LogP contribution is 2.30. The Morgan fingerprint density at radius 1 is 0.569 bits per heavy atom. The van der Waals surface area contributed by atoms with Crippen LogP contribution in [0.15, 0.2) is 152 Å². The van der Waals surface area contributed by atoms with Crippen LogP contribution in [0.25, 0.3) is 0 Å². The maximum Gasteiger partial charge on any atom is 0.278 e. The second kappa shape index (κ2) is 23.9. The molecule has 1 saturated heterocycles. The van der Waals surface area contributed by atoms with Gasteiger partial charge in [0.1, 0.15) is 18.8 Å². The third-order valence-corrected chi connectivity index (χ3v) is 9.71. The Morgan fingerprint density at radius 3 is 1.55 bits per heavy atom. The molecule has 1 heterocycles. The van der Waals surface area contributed by atoms with Gasteiger partial charge >= 0.3 is 0 Å². The molecule has 0 spiro atoms. The average Bonchev–Trinajstić information content (AvgIpc) is 3.26.